The lowest BCUT2D eigenvalue weighted by Crippen LogP contribution is -2.43. The highest BCUT2D eigenvalue weighted by Gasteiger charge is 2.51. The summed E-state index contributed by atoms with van der Waals surface area (Å²) in [6.07, 6.45) is 3.27. The van der Waals surface area contributed by atoms with Gasteiger partial charge in [0.2, 0.25) is 0 Å². The van der Waals surface area contributed by atoms with Gasteiger partial charge in [0.15, 0.2) is 20.4 Å². The quantitative estimate of drug-likeness (QED) is 0.665. The standard InChI is InChI=1S/C10H14O3S/c1-4-6-10(9(3)11)8(2)5-7-14(10,12)13/h4-5H,1,6-7H2,2-3H3. The molecule has 78 valence electrons. The Hall–Kier alpha value is -0.900. The molecule has 1 atom stereocenters. The van der Waals surface area contributed by atoms with Gasteiger partial charge in [-0.15, -0.1) is 6.58 Å². The van der Waals surface area contributed by atoms with E-state index in [1.54, 1.807) is 13.0 Å². The van der Waals surface area contributed by atoms with Gasteiger partial charge >= 0.3 is 0 Å². The molecule has 0 radical (unpaired) electrons. The fourth-order valence-electron chi connectivity index (χ4n) is 1.92. The van der Waals surface area contributed by atoms with E-state index in [0.29, 0.717) is 5.57 Å². The molecule has 0 saturated carbocycles. The molecule has 0 N–H and O–H groups in total. The Balaban J connectivity index is 3.39. The number of rotatable bonds is 3. The van der Waals surface area contributed by atoms with Crippen LogP contribution in [0.1, 0.15) is 20.3 Å². The zero-order valence-corrected chi connectivity index (χ0v) is 9.23. The van der Waals surface area contributed by atoms with Crippen LogP contribution in [0, 0.1) is 0 Å². The van der Waals surface area contributed by atoms with Crippen LogP contribution in [0.3, 0.4) is 0 Å². The van der Waals surface area contributed by atoms with Crippen molar-refractivity contribution in [1.29, 1.82) is 0 Å². The summed E-state index contributed by atoms with van der Waals surface area (Å²) in [5.41, 5.74) is 0.630. The number of sulfone groups is 1. The zero-order valence-electron chi connectivity index (χ0n) is 8.41. The number of hydrogen-bond donors (Lipinski definition) is 0. The number of ketones is 1. The van der Waals surface area contributed by atoms with Crippen molar-refractivity contribution in [2.75, 3.05) is 5.75 Å². The summed E-state index contributed by atoms with van der Waals surface area (Å²) in [6, 6.07) is 0. The molecule has 4 heteroatoms. The first kappa shape index (κ1) is 11.2. The van der Waals surface area contributed by atoms with Crippen molar-refractivity contribution in [2.24, 2.45) is 0 Å². The molecular weight excluding hydrogens is 200 g/mol. The van der Waals surface area contributed by atoms with Gasteiger partial charge in [-0.2, -0.15) is 0 Å². The van der Waals surface area contributed by atoms with Gasteiger partial charge in [0.25, 0.3) is 0 Å². The van der Waals surface area contributed by atoms with E-state index in [0.717, 1.165) is 0 Å². The summed E-state index contributed by atoms with van der Waals surface area (Å²) in [4.78, 5) is 11.5. The highest BCUT2D eigenvalue weighted by molar-refractivity contribution is 7.94. The van der Waals surface area contributed by atoms with Crippen LogP contribution < -0.4 is 0 Å². The molecule has 0 saturated heterocycles. The van der Waals surface area contributed by atoms with Crippen LogP contribution >= 0.6 is 0 Å². The molecule has 3 nitrogen and oxygen atoms in total. The average molecular weight is 214 g/mol. The first-order valence-corrected chi connectivity index (χ1v) is 6.05. The minimum Gasteiger partial charge on any atom is -0.298 e. The summed E-state index contributed by atoms with van der Waals surface area (Å²) < 4.78 is 22.3. The fourth-order valence-corrected chi connectivity index (χ4v) is 4.06. The molecule has 0 amide bonds. The zero-order chi connectivity index (χ0) is 11.0. The molecule has 14 heavy (non-hydrogen) atoms. The van der Waals surface area contributed by atoms with Crippen molar-refractivity contribution in [3.8, 4) is 0 Å². The molecule has 0 aromatic heterocycles. The number of allylic oxidation sites excluding steroid dienone is 1. The lowest BCUT2D eigenvalue weighted by Gasteiger charge is -2.25. The van der Waals surface area contributed by atoms with Crippen LogP contribution in [0.25, 0.3) is 0 Å². The Morgan fingerprint density at radius 1 is 1.71 bits per heavy atom. The highest BCUT2D eigenvalue weighted by atomic mass is 32.2. The van der Waals surface area contributed by atoms with Crippen molar-refractivity contribution in [2.45, 2.75) is 25.0 Å². The largest absolute Gasteiger partial charge is 0.298 e. The monoisotopic (exact) mass is 214 g/mol. The minimum absolute atomic E-state index is 0.0355. The maximum atomic E-state index is 11.8. The molecule has 1 aliphatic rings. The van der Waals surface area contributed by atoms with Crippen molar-refractivity contribution in [3.63, 3.8) is 0 Å². The van der Waals surface area contributed by atoms with Gasteiger partial charge in [-0.25, -0.2) is 8.42 Å². The Morgan fingerprint density at radius 2 is 2.29 bits per heavy atom. The van der Waals surface area contributed by atoms with Gasteiger partial charge < -0.3 is 0 Å². The number of carbonyl (C=O) groups is 1. The van der Waals surface area contributed by atoms with E-state index in [2.05, 4.69) is 6.58 Å². The van der Waals surface area contributed by atoms with Crippen LogP contribution in [0.5, 0.6) is 0 Å². The summed E-state index contributed by atoms with van der Waals surface area (Å²) in [5, 5.41) is 0. The fraction of sp³-hybridized carbons (Fsp3) is 0.500. The maximum absolute atomic E-state index is 11.8. The first-order valence-electron chi connectivity index (χ1n) is 4.40. The normalized spacial score (nSPS) is 29.7. The molecule has 0 aromatic carbocycles. The Morgan fingerprint density at radius 3 is 2.57 bits per heavy atom. The van der Waals surface area contributed by atoms with E-state index in [1.165, 1.54) is 13.0 Å². The molecule has 0 bridgehead atoms. The second kappa shape index (κ2) is 3.35. The predicted molar refractivity (Wildman–Crippen MR) is 55.8 cm³/mol. The summed E-state index contributed by atoms with van der Waals surface area (Å²) >= 11 is 0. The third-order valence-electron chi connectivity index (χ3n) is 2.78. The smallest absolute Gasteiger partial charge is 0.170 e. The second-order valence-electron chi connectivity index (χ2n) is 3.54. The average Bonchev–Trinajstić information content (AvgIpc) is 2.29. The summed E-state index contributed by atoms with van der Waals surface area (Å²) in [6.45, 7) is 6.52. The van der Waals surface area contributed by atoms with Gasteiger partial charge in [-0.05, 0) is 25.8 Å². The van der Waals surface area contributed by atoms with Gasteiger partial charge in [0, 0.05) is 0 Å². The van der Waals surface area contributed by atoms with E-state index < -0.39 is 14.6 Å². The Kier molecular flexibility index (Phi) is 2.67. The number of hydrogen-bond acceptors (Lipinski definition) is 3. The molecule has 0 aromatic rings. The molecule has 1 rings (SSSR count). The Bertz CT molecular complexity index is 403. The van der Waals surface area contributed by atoms with Gasteiger partial charge in [-0.3, -0.25) is 4.79 Å². The van der Waals surface area contributed by atoms with Crippen LogP contribution in [-0.4, -0.2) is 24.7 Å². The summed E-state index contributed by atoms with van der Waals surface area (Å²) in [7, 11) is -3.37. The molecule has 0 fully saturated rings. The molecule has 1 aliphatic heterocycles. The maximum Gasteiger partial charge on any atom is 0.170 e. The molecule has 0 aliphatic carbocycles. The SMILES string of the molecule is C=CCC1(C(C)=O)C(C)=CCS1(=O)=O. The predicted octanol–water partition coefficient (Wildman–Crippen LogP) is 1.27. The van der Waals surface area contributed by atoms with E-state index in [4.69, 9.17) is 0 Å². The van der Waals surface area contributed by atoms with E-state index in [9.17, 15) is 13.2 Å². The Labute approximate surface area is 84.4 Å². The van der Waals surface area contributed by atoms with Crippen LogP contribution in [-0.2, 0) is 14.6 Å². The molecular formula is C10H14O3S. The topological polar surface area (TPSA) is 51.2 Å². The number of carbonyl (C=O) groups excluding carboxylic acids is 1. The van der Waals surface area contributed by atoms with E-state index >= 15 is 0 Å². The second-order valence-corrected chi connectivity index (χ2v) is 5.80. The van der Waals surface area contributed by atoms with Gasteiger partial charge in [-0.1, -0.05) is 12.2 Å². The summed E-state index contributed by atoms with van der Waals surface area (Å²) in [5.74, 6) is -0.352. The van der Waals surface area contributed by atoms with Gasteiger partial charge in [0.05, 0.1) is 5.75 Å². The molecule has 1 heterocycles. The molecule has 1 unspecified atom stereocenters. The van der Waals surface area contributed by atoms with Gasteiger partial charge in [0.1, 0.15) is 0 Å². The molecule has 0 spiro atoms. The highest BCUT2D eigenvalue weighted by Crippen LogP contribution is 2.37. The van der Waals surface area contributed by atoms with Crippen molar-refractivity contribution in [3.05, 3.63) is 24.3 Å². The van der Waals surface area contributed by atoms with Crippen LogP contribution in [0.4, 0.5) is 0 Å². The lowest BCUT2D eigenvalue weighted by molar-refractivity contribution is -0.118. The lowest BCUT2D eigenvalue weighted by atomic mass is 9.92. The van der Waals surface area contributed by atoms with E-state index in [1.807, 2.05) is 0 Å². The minimum atomic E-state index is -3.37. The van der Waals surface area contributed by atoms with Crippen molar-refractivity contribution >= 4 is 15.6 Å². The number of Topliss-reactive ketones (excluding diaryl/α,β-unsaturated/α-hetero) is 1. The third kappa shape index (κ3) is 1.25. The third-order valence-corrected chi connectivity index (χ3v) is 5.22. The van der Waals surface area contributed by atoms with Crippen molar-refractivity contribution < 1.29 is 13.2 Å². The van der Waals surface area contributed by atoms with E-state index in [-0.39, 0.29) is 18.0 Å². The first-order chi connectivity index (χ1) is 6.38. The van der Waals surface area contributed by atoms with Crippen molar-refractivity contribution in [1.82, 2.24) is 0 Å². The van der Waals surface area contributed by atoms with Crippen LogP contribution in [0.2, 0.25) is 0 Å². The van der Waals surface area contributed by atoms with Crippen LogP contribution in [0.15, 0.2) is 24.3 Å².